The van der Waals surface area contributed by atoms with Gasteiger partial charge < -0.3 is 5.32 Å². The second-order valence-electron chi connectivity index (χ2n) is 4.60. The summed E-state index contributed by atoms with van der Waals surface area (Å²) in [7, 11) is 2.06. The van der Waals surface area contributed by atoms with Gasteiger partial charge in [-0.2, -0.15) is 5.10 Å². The molecule has 2 aliphatic carbocycles. The van der Waals surface area contributed by atoms with E-state index in [1.807, 2.05) is 0 Å². The number of rotatable bonds is 2. The fourth-order valence-electron chi connectivity index (χ4n) is 2.60. The topological polar surface area (TPSA) is 29.9 Å². The molecule has 14 heavy (non-hydrogen) atoms. The zero-order valence-corrected chi connectivity index (χ0v) is 8.88. The number of fused-ring (bicyclic) bond motifs is 1. The molecule has 0 amide bonds. The third-order valence-corrected chi connectivity index (χ3v) is 3.42. The molecular weight excluding hydrogens is 174 g/mol. The van der Waals surface area contributed by atoms with Gasteiger partial charge in [-0.25, -0.2) is 0 Å². The fourth-order valence-corrected chi connectivity index (χ4v) is 2.60. The molecule has 76 valence electrons. The summed E-state index contributed by atoms with van der Waals surface area (Å²) in [4.78, 5) is 0. The lowest BCUT2D eigenvalue weighted by Crippen LogP contribution is -2.21. The van der Waals surface area contributed by atoms with Gasteiger partial charge in [-0.3, -0.25) is 4.68 Å². The Balaban J connectivity index is 1.91. The molecule has 0 saturated heterocycles. The number of hydrogen-bond acceptors (Lipinski definition) is 2. The van der Waals surface area contributed by atoms with Gasteiger partial charge in [-0.05, 0) is 32.6 Å². The van der Waals surface area contributed by atoms with E-state index in [-0.39, 0.29) is 0 Å². The summed E-state index contributed by atoms with van der Waals surface area (Å²) >= 11 is 0. The van der Waals surface area contributed by atoms with Crippen molar-refractivity contribution in [2.45, 2.75) is 44.7 Å². The van der Waals surface area contributed by atoms with E-state index in [4.69, 9.17) is 0 Å². The quantitative estimate of drug-likeness (QED) is 0.767. The van der Waals surface area contributed by atoms with Crippen LogP contribution < -0.4 is 5.32 Å². The molecule has 3 heteroatoms. The van der Waals surface area contributed by atoms with Crippen molar-refractivity contribution in [3.63, 3.8) is 0 Å². The van der Waals surface area contributed by atoms with Crippen LogP contribution in [0, 0.1) is 6.92 Å². The van der Waals surface area contributed by atoms with E-state index in [0.717, 1.165) is 6.04 Å². The van der Waals surface area contributed by atoms with Crippen molar-refractivity contribution in [1.29, 1.82) is 0 Å². The molecule has 1 saturated carbocycles. The third-order valence-electron chi connectivity index (χ3n) is 3.42. The van der Waals surface area contributed by atoms with Crippen LogP contribution in [0.25, 0.3) is 0 Å². The van der Waals surface area contributed by atoms with E-state index in [1.165, 1.54) is 42.6 Å². The molecule has 0 aromatic carbocycles. The summed E-state index contributed by atoms with van der Waals surface area (Å²) in [5.74, 6) is 0. The Labute approximate surface area is 84.5 Å². The Kier molecular flexibility index (Phi) is 1.71. The largest absolute Gasteiger partial charge is 0.307 e. The molecule has 0 radical (unpaired) electrons. The van der Waals surface area contributed by atoms with E-state index < -0.39 is 0 Å². The zero-order chi connectivity index (χ0) is 9.71. The first-order valence-electron chi connectivity index (χ1n) is 5.54. The first-order chi connectivity index (χ1) is 6.75. The summed E-state index contributed by atoms with van der Waals surface area (Å²) in [6.07, 6.45) is 5.19. The molecule has 1 aromatic rings. The van der Waals surface area contributed by atoms with Crippen LogP contribution in [0.5, 0.6) is 0 Å². The van der Waals surface area contributed by atoms with Crippen LogP contribution in [-0.2, 0) is 13.5 Å². The normalized spacial score (nSPS) is 25.4. The first kappa shape index (κ1) is 8.48. The predicted molar refractivity (Wildman–Crippen MR) is 55.2 cm³/mol. The minimum atomic E-state index is 0.589. The van der Waals surface area contributed by atoms with Crippen molar-refractivity contribution >= 4 is 0 Å². The number of aryl methyl sites for hydroxylation is 2. The molecular formula is C11H17N3. The Hall–Kier alpha value is -0.830. The van der Waals surface area contributed by atoms with E-state index in [2.05, 4.69) is 29.1 Å². The molecule has 3 rings (SSSR count). The van der Waals surface area contributed by atoms with E-state index in [1.54, 1.807) is 0 Å². The van der Waals surface area contributed by atoms with E-state index >= 15 is 0 Å². The SMILES string of the molecule is Cc1nn(C)c2c1C(NC1CC1)CC2. The molecule has 1 atom stereocenters. The fraction of sp³-hybridized carbons (Fsp3) is 0.727. The third kappa shape index (κ3) is 1.19. The highest BCUT2D eigenvalue weighted by molar-refractivity contribution is 5.33. The lowest BCUT2D eigenvalue weighted by molar-refractivity contribution is 0.521. The van der Waals surface area contributed by atoms with Gasteiger partial charge >= 0.3 is 0 Å². The monoisotopic (exact) mass is 191 g/mol. The van der Waals surface area contributed by atoms with Crippen molar-refractivity contribution in [2.75, 3.05) is 0 Å². The van der Waals surface area contributed by atoms with Crippen LogP contribution in [-0.4, -0.2) is 15.8 Å². The van der Waals surface area contributed by atoms with Crippen LogP contribution in [0.1, 0.15) is 42.3 Å². The maximum atomic E-state index is 4.49. The van der Waals surface area contributed by atoms with E-state index in [0.29, 0.717) is 6.04 Å². The second-order valence-corrected chi connectivity index (χ2v) is 4.60. The van der Waals surface area contributed by atoms with Gasteiger partial charge in [0.15, 0.2) is 0 Å². The van der Waals surface area contributed by atoms with Gasteiger partial charge in [0.2, 0.25) is 0 Å². The molecule has 1 fully saturated rings. The Morgan fingerprint density at radius 3 is 2.86 bits per heavy atom. The van der Waals surface area contributed by atoms with Crippen LogP contribution in [0.15, 0.2) is 0 Å². The Morgan fingerprint density at radius 2 is 2.14 bits per heavy atom. The standard InChI is InChI=1S/C11H17N3/c1-7-11-9(12-8-3-4-8)5-6-10(11)14(2)13-7/h8-9,12H,3-6H2,1-2H3. The van der Waals surface area contributed by atoms with Crippen molar-refractivity contribution in [2.24, 2.45) is 7.05 Å². The van der Waals surface area contributed by atoms with Gasteiger partial charge in [0.1, 0.15) is 0 Å². The minimum Gasteiger partial charge on any atom is -0.307 e. The molecule has 1 aromatic heterocycles. The maximum Gasteiger partial charge on any atom is 0.0644 e. The molecule has 0 bridgehead atoms. The highest BCUT2D eigenvalue weighted by Gasteiger charge is 2.32. The van der Waals surface area contributed by atoms with Crippen molar-refractivity contribution in [3.05, 3.63) is 17.0 Å². The average Bonchev–Trinajstić information content (AvgIpc) is 2.75. The Bertz CT molecular complexity index is 363. The van der Waals surface area contributed by atoms with Gasteiger partial charge in [0.05, 0.1) is 5.69 Å². The van der Waals surface area contributed by atoms with Crippen molar-refractivity contribution in [3.8, 4) is 0 Å². The molecule has 3 nitrogen and oxygen atoms in total. The number of aromatic nitrogens is 2. The maximum absolute atomic E-state index is 4.49. The summed E-state index contributed by atoms with van der Waals surface area (Å²) < 4.78 is 2.05. The highest BCUT2D eigenvalue weighted by atomic mass is 15.3. The molecule has 1 unspecified atom stereocenters. The summed E-state index contributed by atoms with van der Waals surface area (Å²) in [5.41, 5.74) is 4.15. The van der Waals surface area contributed by atoms with Crippen LogP contribution >= 0.6 is 0 Å². The van der Waals surface area contributed by atoms with Gasteiger partial charge in [0.25, 0.3) is 0 Å². The average molecular weight is 191 g/mol. The molecule has 1 N–H and O–H groups in total. The lowest BCUT2D eigenvalue weighted by atomic mass is 10.1. The van der Waals surface area contributed by atoms with Crippen LogP contribution in [0.4, 0.5) is 0 Å². The van der Waals surface area contributed by atoms with Crippen LogP contribution in [0.2, 0.25) is 0 Å². The first-order valence-corrected chi connectivity index (χ1v) is 5.54. The summed E-state index contributed by atoms with van der Waals surface area (Å²) in [6, 6.07) is 1.39. The molecule has 0 spiro atoms. The number of nitrogens with one attached hydrogen (secondary N) is 1. The van der Waals surface area contributed by atoms with Crippen molar-refractivity contribution in [1.82, 2.24) is 15.1 Å². The number of hydrogen-bond donors (Lipinski definition) is 1. The van der Waals surface area contributed by atoms with Crippen molar-refractivity contribution < 1.29 is 0 Å². The number of nitrogens with zero attached hydrogens (tertiary/aromatic N) is 2. The van der Waals surface area contributed by atoms with Gasteiger partial charge in [-0.1, -0.05) is 0 Å². The Morgan fingerprint density at radius 1 is 1.36 bits per heavy atom. The zero-order valence-electron chi connectivity index (χ0n) is 8.88. The lowest BCUT2D eigenvalue weighted by Gasteiger charge is -2.11. The molecule has 0 aliphatic heterocycles. The van der Waals surface area contributed by atoms with Gasteiger partial charge in [-0.15, -0.1) is 0 Å². The predicted octanol–water partition coefficient (Wildman–Crippen LogP) is 1.47. The second kappa shape index (κ2) is 2.83. The summed E-state index contributed by atoms with van der Waals surface area (Å²) in [5, 5.41) is 8.20. The molecule has 1 heterocycles. The van der Waals surface area contributed by atoms with E-state index in [9.17, 15) is 0 Å². The minimum absolute atomic E-state index is 0.589. The highest BCUT2D eigenvalue weighted by Crippen LogP contribution is 2.35. The van der Waals surface area contributed by atoms with Crippen LogP contribution in [0.3, 0.4) is 0 Å². The van der Waals surface area contributed by atoms with Gasteiger partial charge in [0, 0.05) is 30.4 Å². The molecule has 2 aliphatic rings. The summed E-state index contributed by atoms with van der Waals surface area (Å²) in [6.45, 7) is 2.13. The smallest absolute Gasteiger partial charge is 0.0644 e.